The number of rotatable bonds is 4. The monoisotopic (exact) mass is 305 g/mol. The zero-order valence-corrected chi connectivity index (χ0v) is 12.9. The maximum Gasteiger partial charge on any atom is 0.164 e. The highest BCUT2D eigenvalue weighted by Crippen LogP contribution is 2.30. The SMILES string of the molecule is O=C(CCN1CCOCC1)c1ccc2c(c1)OCCCCO2. The van der Waals surface area contributed by atoms with E-state index in [2.05, 4.69) is 4.90 Å². The van der Waals surface area contributed by atoms with Crippen molar-refractivity contribution >= 4 is 5.78 Å². The maximum absolute atomic E-state index is 12.4. The lowest BCUT2D eigenvalue weighted by Gasteiger charge is -2.26. The van der Waals surface area contributed by atoms with Gasteiger partial charge in [-0.2, -0.15) is 0 Å². The number of benzene rings is 1. The molecule has 2 aliphatic rings. The number of ketones is 1. The number of morpholine rings is 1. The van der Waals surface area contributed by atoms with E-state index in [4.69, 9.17) is 14.2 Å². The van der Waals surface area contributed by atoms with Gasteiger partial charge in [-0.1, -0.05) is 0 Å². The van der Waals surface area contributed by atoms with Crippen LogP contribution in [0.4, 0.5) is 0 Å². The molecule has 0 bridgehead atoms. The fourth-order valence-electron chi connectivity index (χ4n) is 2.71. The first-order valence-corrected chi connectivity index (χ1v) is 8.06. The standard InChI is InChI=1S/C17H23NO4/c19-15(5-6-18-7-11-20-12-8-18)14-3-4-16-17(13-14)22-10-2-1-9-21-16/h3-4,13H,1-2,5-12H2. The topological polar surface area (TPSA) is 48.0 Å². The lowest BCUT2D eigenvalue weighted by Crippen LogP contribution is -2.37. The van der Waals surface area contributed by atoms with E-state index in [0.717, 1.165) is 51.4 Å². The Morgan fingerprint density at radius 3 is 2.50 bits per heavy atom. The number of ether oxygens (including phenoxy) is 3. The number of hydrogen-bond acceptors (Lipinski definition) is 5. The van der Waals surface area contributed by atoms with Gasteiger partial charge < -0.3 is 14.2 Å². The third-order valence-corrected chi connectivity index (χ3v) is 4.08. The minimum Gasteiger partial charge on any atom is -0.490 e. The summed E-state index contributed by atoms with van der Waals surface area (Å²) < 4.78 is 16.7. The molecule has 0 radical (unpaired) electrons. The first-order valence-electron chi connectivity index (χ1n) is 8.06. The van der Waals surface area contributed by atoms with Crippen LogP contribution in [0.3, 0.4) is 0 Å². The van der Waals surface area contributed by atoms with E-state index in [9.17, 15) is 4.79 Å². The summed E-state index contributed by atoms with van der Waals surface area (Å²) in [6, 6.07) is 5.51. The van der Waals surface area contributed by atoms with Crippen LogP contribution in [0.15, 0.2) is 18.2 Å². The largest absolute Gasteiger partial charge is 0.490 e. The van der Waals surface area contributed by atoms with Gasteiger partial charge in [0.05, 0.1) is 26.4 Å². The summed E-state index contributed by atoms with van der Waals surface area (Å²) in [5.41, 5.74) is 0.705. The molecule has 1 fully saturated rings. The van der Waals surface area contributed by atoms with Crippen molar-refractivity contribution in [2.45, 2.75) is 19.3 Å². The molecule has 0 N–H and O–H groups in total. The van der Waals surface area contributed by atoms with Crippen molar-refractivity contribution in [3.63, 3.8) is 0 Å². The van der Waals surface area contributed by atoms with Gasteiger partial charge >= 0.3 is 0 Å². The molecule has 0 saturated carbocycles. The molecular formula is C17H23NO4. The summed E-state index contributed by atoms with van der Waals surface area (Å²) in [5, 5.41) is 0. The third-order valence-electron chi connectivity index (χ3n) is 4.08. The Morgan fingerprint density at radius 1 is 1.00 bits per heavy atom. The average molecular weight is 305 g/mol. The van der Waals surface area contributed by atoms with Crippen LogP contribution < -0.4 is 9.47 Å². The Bertz CT molecular complexity index is 511. The summed E-state index contributed by atoms with van der Waals surface area (Å²) in [5.74, 6) is 1.58. The number of nitrogens with zero attached hydrogens (tertiary/aromatic N) is 1. The Labute approximate surface area is 131 Å². The number of carbonyl (C=O) groups is 1. The van der Waals surface area contributed by atoms with E-state index in [1.807, 2.05) is 18.2 Å². The second kappa shape index (κ2) is 7.61. The third kappa shape index (κ3) is 3.99. The lowest BCUT2D eigenvalue weighted by atomic mass is 10.1. The highest BCUT2D eigenvalue weighted by atomic mass is 16.5. The zero-order valence-electron chi connectivity index (χ0n) is 12.9. The molecule has 120 valence electrons. The Balaban J connectivity index is 1.60. The highest BCUT2D eigenvalue weighted by Gasteiger charge is 2.16. The van der Waals surface area contributed by atoms with Crippen LogP contribution >= 0.6 is 0 Å². The quantitative estimate of drug-likeness (QED) is 0.798. The molecule has 0 unspecified atom stereocenters. The average Bonchev–Trinajstić information content (AvgIpc) is 2.54. The smallest absolute Gasteiger partial charge is 0.164 e. The van der Waals surface area contributed by atoms with Crippen molar-refractivity contribution in [1.29, 1.82) is 0 Å². The van der Waals surface area contributed by atoms with Gasteiger partial charge in [-0.3, -0.25) is 9.69 Å². The van der Waals surface area contributed by atoms with Gasteiger partial charge in [0.25, 0.3) is 0 Å². The summed E-state index contributed by atoms with van der Waals surface area (Å²) in [7, 11) is 0. The molecule has 0 spiro atoms. The Morgan fingerprint density at radius 2 is 1.73 bits per heavy atom. The van der Waals surface area contributed by atoms with Gasteiger partial charge in [0, 0.05) is 31.6 Å². The normalized spacial score (nSPS) is 19.3. The fraction of sp³-hybridized carbons (Fsp3) is 0.588. The van der Waals surface area contributed by atoms with Crippen molar-refractivity contribution in [2.75, 3.05) is 46.1 Å². The van der Waals surface area contributed by atoms with E-state index in [1.54, 1.807) is 0 Å². The Kier molecular flexibility index (Phi) is 5.29. The number of carbonyl (C=O) groups excluding carboxylic acids is 1. The van der Waals surface area contributed by atoms with Crippen LogP contribution in [-0.2, 0) is 4.74 Å². The van der Waals surface area contributed by atoms with E-state index < -0.39 is 0 Å². The molecule has 1 saturated heterocycles. The first-order chi connectivity index (χ1) is 10.8. The van der Waals surface area contributed by atoms with Crippen molar-refractivity contribution in [1.82, 2.24) is 4.90 Å². The van der Waals surface area contributed by atoms with Crippen LogP contribution in [0.1, 0.15) is 29.6 Å². The second-order valence-corrected chi connectivity index (χ2v) is 5.69. The van der Waals surface area contributed by atoms with Crippen LogP contribution in [0.5, 0.6) is 11.5 Å². The molecular weight excluding hydrogens is 282 g/mol. The Hall–Kier alpha value is -1.59. The minimum absolute atomic E-state index is 0.153. The molecule has 1 aromatic carbocycles. The van der Waals surface area contributed by atoms with E-state index in [0.29, 0.717) is 30.9 Å². The number of Topliss-reactive ketones (excluding diaryl/α,β-unsaturated/α-hetero) is 1. The van der Waals surface area contributed by atoms with Gasteiger partial charge in [-0.05, 0) is 31.0 Å². The summed E-state index contributed by atoms with van der Waals surface area (Å²) >= 11 is 0. The van der Waals surface area contributed by atoms with Gasteiger partial charge in [-0.25, -0.2) is 0 Å². The maximum atomic E-state index is 12.4. The summed E-state index contributed by atoms with van der Waals surface area (Å²) in [6.07, 6.45) is 2.51. The minimum atomic E-state index is 0.153. The predicted octanol–water partition coefficient (Wildman–Crippen LogP) is 2.14. The van der Waals surface area contributed by atoms with E-state index in [1.165, 1.54) is 0 Å². The van der Waals surface area contributed by atoms with E-state index >= 15 is 0 Å². The van der Waals surface area contributed by atoms with E-state index in [-0.39, 0.29) is 5.78 Å². The first kappa shape index (κ1) is 15.3. The van der Waals surface area contributed by atoms with Crippen molar-refractivity contribution in [3.8, 4) is 11.5 Å². The van der Waals surface area contributed by atoms with Gasteiger partial charge in [-0.15, -0.1) is 0 Å². The van der Waals surface area contributed by atoms with Crippen LogP contribution in [0.25, 0.3) is 0 Å². The molecule has 0 amide bonds. The van der Waals surface area contributed by atoms with Gasteiger partial charge in [0.1, 0.15) is 0 Å². The number of hydrogen-bond donors (Lipinski definition) is 0. The summed E-state index contributed by atoms with van der Waals surface area (Å²) in [4.78, 5) is 14.6. The molecule has 3 rings (SSSR count). The molecule has 5 nitrogen and oxygen atoms in total. The fourth-order valence-corrected chi connectivity index (χ4v) is 2.71. The molecule has 2 aliphatic heterocycles. The number of fused-ring (bicyclic) bond motifs is 1. The van der Waals surface area contributed by atoms with Crippen LogP contribution in [-0.4, -0.2) is 56.7 Å². The second-order valence-electron chi connectivity index (χ2n) is 5.69. The van der Waals surface area contributed by atoms with Crippen molar-refractivity contribution < 1.29 is 19.0 Å². The lowest BCUT2D eigenvalue weighted by molar-refractivity contribution is 0.0370. The van der Waals surface area contributed by atoms with Crippen molar-refractivity contribution in [2.24, 2.45) is 0 Å². The molecule has 0 aliphatic carbocycles. The van der Waals surface area contributed by atoms with Gasteiger partial charge in [0.15, 0.2) is 17.3 Å². The summed E-state index contributed by atoms with van der Waals surface area (Å²) in [6.45, 7) is 5.53. The molecule has 2 heterocycles. The highest BCUT2D eigenvalue weighted by molar-refractivity contribution is 5.96. The van der Waals surface area contributed by atoms with Gasteiger partial charge in [0.2, 0.25) is 0 Å². The van der Waals surface area contributed by atoms with Crippen LogP contribution in [0, 0.1) is 0 Å². The molecule has 22 heavy (non-hydrogen) atoms. The predicted molar refractivity (Wildman–Crippen MR) is 82.9 cm³/mol. The molecule has 5 heteroatoms. The molecule has 0 atom stereocenters. The molecule has 0 aromatic heterocycles. The zero-order chi connectivity index (χ0) is 15.2. The van der Waals surface area contributed by atoms with Crippen LogP contribution in [0.2, 0.25) is 0 Å². The molecule has 1 aromatic rings. The van der Waals surface area contributed by atoms with Crippen molar-refractivity contribution in [3.05, 3.63) is 23.8 Å².